The van der Waals surface area contributed by atoms with Crippen LogP contribution in [0, 0.1) is 11.3 Å². The summed E-state index contributed by atoms with van der Waals surface area (Å²) in [6.45, 7) is 2.02. The van der Waals surface area contributed by atoms with Crippen molar-refractivity contribution >= 4 is 29.4 Å². The van der Waals surface area contributed by atoms with Crippen LogP contribution in [0.5, 0.6) is 0 Å². The Morgan fingerprint density at radius 1 is 1.33 bits per heavy atom. The van der Waals surface area contributed by atoms with Crippen molar-refractivity contribution in [1.82, 2.24) is 14.8 Å². The minimum absolute atomic E-state index is 0.224. The molecule has 0 aromatic carbocycles. The van der Waals surface area contributed by atoms with E-state index >= 15 is 0 Å². The number of hydrogen-bond acceptors (Lipinski definition) is 14. The number of phosphoric acid groups is 3. The highest BCUT2D eigenvalue weighted by Crippen LogP contribution is 2.66. The highest BCUT2D eigenvalue weighted by molar-refractivity contribution is 7.66. The van der Waals surface area contributed by atoms with E-state index in [2.05, 4.69) is 34.8 Å². The second kappa shape index (κ2) is 9.67. The molecule has 0 aliphatic carbocycles. The van der Waals surface area contributed by atoms with Gasteiger partial charge in [-0.1, -0.05) is 6.58 Å². The number of aliphatic hydroxyl groups excluding tert-OH is 1. The van der Waals surface area contributed by atoms with Crippen molar-refractivity contribution in [1.29, 1.82) is 5.26 Å². The van der Waals surface area contributed by atoms with Crippen LogP contribution < -0.4 is 16.8 Å². The van der Waals surface area contributed by atoms with Crippen molar-refractivity contribution in [3.63, 3.8) is 0 Å². The molecule has 2 aliphatic rings. The van der Waals surface area contributed by atoms with Gasteiger partial charge in [0.2, 0.25) is 11.4 Å². The van der Waals surface area contributed by atoms with Crippen LogP contribution in [0.15, 0.2) is 22.6 Å². The number of aromatic nitrogens is 3. The number of nitrogens with two attached hydrogens (primary N) is 1. The van der Waals surface area contributed by atoms with Crippen LogP contribution in [0.3, 0.4) is 0 Å². The van der Waals surface area contributed by atoms with E-state index in [0.29, 0.717) is 4.68 Å². The zero-order valence-corrected chi connectivity index (χ0v) is 20.4. The third kappa shape index (κ3) is 5.59. The van der Waals surface area contributed by atoms with Gasteiger partial charge in [0.05, 0.1) is 13.2 Å². The smallest absolute Gasteiger partial charge is 0.387 e. The van der Waals surface area contributed by atoms with Gasteiger partial charge in [0.25, 0.3) is 11.3 Å². The molecule has 2 fully saturated rings. The largest absolute Gasteiger partial charge is 0.490 e. The Balaban J connectivity index is 1.98. The fraction of sp³-hybridized carbons (Fsp3) is 0.538. The molecule has 3 rings (SSSR count). The van der Waals surface area contributed by atoms with Crippen LogP contribution in [0.4, 0.5) is 5.95 Å². The summed E-state index contributed by atoms with van der Waals surface area (Å²) >= 11 is 0. The predicted octanol–water partition coefficient (Wildman–Crippen LogP) is -2.36. The summed E-state index contributed by atoms with van der Waals surface area (Å²) in [6, 6.07) is 1.72. The van der Waals surface area contributed by atoms with E-state index in [1.165, 1.54) is 0 Å². The average Bonchev–Trinajstić information content (AvgIpc) is 2.85. The van der Waals surface area contributed by atoms with E-state index in [1.54, 1.807) is 6.07 Å². The predicted molar refractivity (Wildman–Crippen MR) is 111 cm³/mol. The summed E-state index contributed by atoms with van der Waals surface area (Å²) in [7, 11) is -17.1. The fourth-order valence-corrected chi connectivity index (χ4v) is 6.61. The van der Waals surface area contributed by atoms with Crippen molar-refractivity contribution in [2.75, 3.05) is 18.9 Å². The fourth-order valence-electron chi connectivity index (χ4n) is 3.54. The van der Waals surface area contributed by atoms with Crippen molar-refractivity contribution in [2.45, 2.75) is 30.0 Å². The number of aliphatic hydroxyl groups is 1. The van der Waals surface area contributed by atoms with Crippen LogP contribution in [-0.2, 0) is 42.0 Å². The molecule has 0 amide bonds. The molecule has 6 atom stereocenters. The molecule has 0 saturated carbocycles. The zero-order chi connectivity index (χ0) is 27.2. The van der Waals surface area contributed by atoms with Crippen molar-refractivity contribution in [3.8, 4) is 6.07 Å². The number of anilines is 1. The number of hydrogen-bond donors (Lipinski definition) is 7. The van der Waals surface area contributed by atoms with Gasteiger partial charge in [-0.15, -0.1) is 5.10 Å². The Hall–Kier alpha value is -2.07. The van der Waals surface area contributed by atoms with Gasteiger partial charge >= 0.3 is 23.5 Å². The molecule has 2 saturated heterocycles. The molecule has 0 spiro atoms. The summed E-state index contributed by atoms with van der Waals surface area (Å²) in [5.74, 6) is -0.487. The van der Waals surface area contributed by atoms with Gasteiger partial charge in [-0.05, 0) is 0 Å². The quantitative estimate of drug-likeness (QED) is 0.151. The maximum atomic E-state index is 12.4. The number of ether oxygens (including phenoxy) is 2. The molecule has 23 heteroatoms. The number of nitrogen functional groups attached to an aromatic ring is 1. The van der Waals surface area contributed by atoms with Crippen LogP contribution in [-0.4, -0.2) is 70.5 Å². The standard InChI is InChI=1S/C13H19N6O14P3/c1-2-16-9-10(21)17-11(15)18-19(9)13(5-14)8-7(20)12(31-13,3-4-29-8)6-30-35(25,26)33-36(27,28)32-34(22,23)24/h2,7-8,20H,1,3-4,6H2,(H,25,26)(H,27,28)(H2,22,23,24)(H3,15,17,18,21)/b16-9-/t7-,8+,12?,13+/m0/s1. The summed E-state index contributed by atoms with van der Waals surface area (Å²) in [6.07, 6.45) is -2.76. The number of fused-ring (bicyclic) bond motifs is 2. The van der Waals surface area contributed by atoms with Crippen molar-refractivity contribution < 1.29 is 61.0 Å². The summed E-state index contributed by atoms with van der Waals surface area (Å²) in [5, 5.41) is 24.8. The lowest BCUT2D eigenvalue weighted by Crippen LogP contribution is -2.56. The van der Waals surface area contributed by atoms with E-state index in [1.807, 2.05) is 0 Å². The molecule has 0 radical (unpaired) electrons. The second-order valence-electron chi connectivity index (χ2n) is 7.21. The molecule has 3 unspecified atom stereocenters. The number of nitriles is 1. The number of nitrogens with one attached hydrogen (secondary N) is 1. The second-order valence-corrected chi connectivity index (χ2v) is 11.6. The van der Waals surface area contributed by atoms with E-state index in [9.17, 15) is 38.6 Å². The number of phosphoric ester groups is 1. The van der Waals surface area contributed by atoms with Gasteiger partial charge in [-0.25, -0.2) is 18.7 Å². The molecule has 200 valence electrons. The summed E-state index contributed by atoms with van der Waals surface area (Å²) < 4.78 is 58.2. The van der Waals surface area contributed by atoms with Gasteiger partial charge in [0, 0.05) is 12.6 Å². The first-order chi connectivity index (χ1) is 16.5. The molecule has 8 N–H and O–H groups in total. The molecular weight excluding hydrogens is 557 g/mol. The molecular formula is C13H19N6O14P3. The van der Waals surface area contributed by atoms with Crippen LogP contribution >= 0.6 is 23.5 Å². The minimum Gasteiger partial charge on any atom is -0.387 e. The highest BCUT2D eigenvalue weighted by Gasteiger charge is 2.68. The van der Waals surface area contributed by atoms with E-state index < -0.39 is 70.6 Å². The van der Waals surface area contributed by atoms with Crippen molar-refractivity contribution in [2.24, 2.45) is 4.99 Å². The lowest BCUT2D eigenvalue weighted by Gasteiger charge is -2.35. The first kappa shape index (κ1) is 28.5. The first-order valence-corrected chi connectivity index (χ1v) is 13.9. The Kier molecular flexibility index (Phi) is 7.65. The van der Waals surface area contributed by atoms with E-state index in [0.717, 1.165) is 6.20 Å². The van der Waals surface area contributed by atoms with Gasteiger partial charge in [0.1, 0.15) is 17.8 Å². The maximum absolute atomic E-state index is 12.4. The number of H-pyrrole nitrogens is 1. The molecule has 2 aliphatic heterocycles. The van der Waals surface area contributed by atoms with Crippen molar-refractivity contribution in [3.05, 3.63) is 28.6 Å². The highest BCUT2D eigenvalue weighted by atomic mass is 31.3. The summed E-state index contributed by atoms with van der Waals surface area (Å²) in [5.41, 5.74) is -0.389. The Bertz CT molecular complexity index is 1370. The number of rotatable bonds is 9. The molecule has 3 heterocycles. The van der Waals surface area contributed by atoms with Crippen LogP contribution in [0.2, 0.25) is 0 Å². The van der Waals surface area contributed by atoms with Gasteiger partial charge in [0.15, 0.2) is 6.10 Å². The number of aromatic amines is 1. The van der Waals surface area contributed by atoms with Gasteiger partial charge in [-0.3, -0.25) is 14.3 Å². The third-order valence-electron chi connectivity index (χ3n) is 4.82. The lowest BCUT2D eigenvalue weighted by atomic mass is 9.89. The van der Waals surface area contributed by atoms with E-state index in [4.69, 9.17) is 25.0 Å². The Labute approximate surface area is 199 Å². The normalized spacial score (nSPS) is 31.8. The Morgan fingerprint density at radius 2 is 2.00 bits per heavy atom. The Morgan fingerprint density at radius 3 is 2.58 bits per heavy atom. The average molecular weight is 576 g/mol. The number of nitrogens with zero attached hydrogens (tertiary/aromatic N) is 4. The topological polar surface area (TPSA) is 311 Å². The first-order valence-electron chi connectivity index (χ1n) is 9.34. The maximum Gasteiger partial charge on any atom is 0.490 e. The SMILES string of the molecule is C=C/N=c1/c(=O)[nH]c(N)nn1[C@]1(C#N)OC2(COP(=O)(O)OP(=O)(O)OP(=O)(O)O)CCO[C@@H]1[C@@H]2O. The molecule has 1 aromatic rings. The monoisotopic (exact) mass is 576 g/mol. The summed E-state index contributed by atoms with van der Waals surface area (Å²) in [4.78, 5) is 54.5. The zero-order valence-electron chi connectivity index (χ0n) is 17.7. The minimum atomic E-state index is -5.81. The third-order valence-corrected chi connectivity index (χ3v) is 8.60. The molecule has 36 heavy (non-hydrogen) atoms. The van der Waals surface area contributed by atoms with E-state index in [-0.39, 0.29) is 13.0 Å². The lowest BCUT2D eigenvalue weighted by molar-refractivity contribution is -0.158. The van der Waals surface area contributed by atoms with Crippen LogP contribution in [0.1, 0.15) is 6.42 Å². The molecule has 20 nitrogen and oxygen atoms in total. The van der Waals surface area contributed by atoms with Crippen LogP contribution in [0.25, 0.3) is 0 Å². The van der Waals surface area contributed by atoms with Gasteiger partial charge in [-0.2, -0.15) is 18.6 Å². The molecule has 1 aromatic heterocycles. The van der Waals surface area contributed by atoms with Gasteiger partial charge < -0.3 is 39.9 Å². The molecule has 2 bridgehead atoms.